The van der Waals surface area contributed by atoms with E-state index in [0.717, 1.165) is 5.39 Å². The number of thiazole rings is 1. The molecule has 3 heterocycles. The van der Waals surface area contributed by atoms with Gasteiger partial charge >= 0.3 is 0 Å². The summed E-state index contributed by atoms with van der Waals surface area (Å²) in [5, 5.41) is 6.02. The van der Waals surface area contributed by atoms with E-state index in [1.807, 2.05) is 48.7 Å². The van der Waals surface area contributed by atoms with Gasteiger partial charge in [0.2, 0.25) is 6.10 Å². The van der Waals surface area contributed by atoms with E-state index in [9.17, 15) is 4.79 Å². The monoisotopic (exact) mass is 422 g/mol. The Morgan fingerprint density at radius 1 is 1.23 bits per heavy atom. The van der Waals surface area contributed by atoms with Gasteiger partial charge in [-0.15, -0.1) is 11.3 Å². The van der Waals surface area contributed by atoms with Crippen molar-refractivity contribution in [3.05, 3.63) is 53.9 Å². The number of benzene rings is 2. The molecule has 0 bridgehead atoms. The van der Waals surface area contributed by atoms with Crippen LogP contribution in [0.3, 0.4) is 0 Å². The summed E-state index contributed by atoms with van der Waals surface area (Å²) in [7, 11) is 0. The van der Waals surface area contributed by atoms with Crippen LogP contribution in [0.25, 0.3) is 22.4 Å². The highest BCUT2D eigenvalue weighted by Crippen LogP contribution is 2.35. The number of nitrogens with one attached hydrogen (secondary N) is 1. The first-order valence-corrected chi connectivity index (χ1v) is 10.4. The summed E-state index contributed by atoms with van der Waals surface area (Å²) in [6.45, 7) is 2.63. The van der Waals surface area contributed by atoms with Crippen LogP contribution in [0.15, 0.2) is 58.3 Å². The number of aromatic nitrogens is 1. The molecule has 5 rings (SSSR count). The first-order chi connectivity index (χ1) is 14.7. The molecule has 8 heteroatoms. The molecule has 1 N–H and O–H groups in total. The van der Waals surface area contributed by atoms with Crippen molar-refractivity contribution in [1.29, 1.82) is 0 Å². The fourth-order valence-corrected chi connectivity index (χ4v) is 3.91. The van der Waals surface area contributed by atoms with Crippen molar-refractivity contribution in [3.8, 4) is 28.7 Å². The summed E-state index contributed by atoms with van der Waals surface area (Å²) in [4.78, 5) is 17.1. The summed E-state index contributed by atoms with van der Waals surface area (Å²) >= 11 is 1.32. The van der Waals surface area contributed by atoms with Gasteiger partial charge in [-0.3, -0.25) is 10.1 Å². The molecule has 0 fully saturated rings. The molecule has 7 nitrogen and oxygen atoms in total. The second-order valence-corrected chi connectivity index (χ2v) is 7.47. The fraction of sp³-hybridized carbons (Fsp3) is 0.182. The van der Waals surface area contributed by atoms with E-state index in [0.29, 0.717) is 46.0 Å². The standard InChI is InChI=1S/C22H18N2O5S/c1-2-26-17-9-5-6-13-10-18(29-20(13)17)14-12-30-22(23-14)24-21(25)19-11-27-15-7-3-4-8-16(15)28-19/h3-10,12,19H,2,11H2,1H3,(H,23,24,25). The van der Waals surface area contributed by atoms with Crippen LogP contribution in [0.4, 0.5) is 5.13 Å². The molecule has 0 saturated carbocycles. The van der Waals surface area contributed by atoms with Crippen LogP contribution >= 0.6 is 11.3 Å². The smallest absolute Gasteiger partial charge is 0.270 e. The van der Waals surface area contributed by atoms with Gasteiger partial charge in [0.05, 0.1) is 6.61 Å². The Kier molecular flexibility index (Phi) is 4.76. The van der Waals surface area contributed by atoms with Crippen LogP contribution in [-0.4, -0.2) is 30.2 Å². The molecular weight excluding hydrogens is 404 g/mol. The van der Waals surface area contributed by atoms with Crippen molar-refractivity contribution >= 4 is 33.3 Å². The predicted molar refractivity (Wildman–Crippen MR) is 113 cm³/mol. The van der Waals surface area contributed by atoms with Gasteiger partial charge in [0.15, 0.2) is 33.7 Å². The quantitative estimate of drug-likeness (QED) is 0.501. The molecule has 2 aromatic carbocycles. The van der Waals surface area contributed by atoms with Gasteiger partial charge in [-0.25, -0.2) is 4.98 Å². The zero-order valence-corrected chi connectivity index (χ0v) is 16.9. The minimum atomic E-state index is -0.743. The molecule has 0 aliphatic carbocycles. The van der Waals surface area contributed by atoms with Crippen molar-refractivity contribution in [2.24, 2.45) is 0 Å². The SMILES string of the molecule is CCOc1cccc2cc(-c3csc(NC(=O)C4COc5ccccc5O4)n3)oc12. The maximum atomic E-state index is 12.6. The highest BCUT2D eigenvalue weighted by Gasteiger charge is 2.28. The Hall–Kier alpha value is -3.52. The summed E-state index contributed by atoms with van der Waals surface area (Å²) in [5.74, 6) is 2.18. The molecule has 30 heavy (non-hydrogen) atoms. The Morgan fingerprint density at radius 2 is 2.10 bits per heavy atom. The molecular formula is C22H18N2O5S. The van der Waals surface area contributed by atoms with Crippen LogP contribution in [-0.2, 0) is 4.79 Å². The van der Waals surface area contributed by atoms with Crippen molar-refractivity contribution in [2.75, 3.05) is 18.5 Å². The van der Waals surface area contributed by atoms with Crippen molar-refractivity contribution in [1.82, 2.24) is 4.98 Å². The molecule has 1 aliphatic heterocycles. The van der Waals surface area contributed by atoms with Crippen molar-refractivity contribution < 1.29 is 23.4 Å². The number of amides is 1. The second-order valence-electron chi connectivity index (χ2n) is 6.61. The fourth-order valence-electron chi connectivity index (χ4n) is 3.21. The summed E-state index contributed by atoms with van der Waals surface area (Å²) < 4.78 is 22.9. The highest BCUT2D eigenvalue weighted by atomic mass is 32.1. The average Bonchev–Trinajstić information content (AvgIpc) is 3.41. The molecule has 1 atom stereocenters. The van der Waals surface area contributed by atoms with Gasteiger partial charge in [0.1, 0.15) is 12.3 Å². The molecule has 0 spiro atoms. The van der Waals surface area contributed by atoms with E-state index in [1.54, 1.807) is 12.1 Å². The number of rotatable bonds is 5. The number of carbonyl (C=O) groups excluding carboxylic acids is 1. The predicted octanol–water partition coefficient (Wildman–Crippen LogP) is 4.73. The Bertz CT molecular complexity index is 1220. The van der Waals surface area contributed by atoms with E-state index >= 15 is 0 Å². The number of para-hydroxylation sites is 3. The highest BCUT2D eigenvalue weighted by molar-refractivity contribution is 7.14. The number of carbonyl (C=O) groups is 1. The summed E-state index contributed by atoms with van der Waals surface area (Å²) in [5.41, 5.74) is 1.32. The number of anilines is 1. The van der Waals surface area contributed by atoms with E-state index in [1.165, 1.54) is 11.3 Å². The zero-order valence-electron chi connectivity index (χ0n) is 16.1. The lowest BCUT2D eigenvalue weighted by molar-refractivity contribution is -0.125. The number of hydrogen-bond acceptors (Lipinski definition) is 7. The second kappa shape index (κ2) is 7.72. The lowest BCUT2D eigenvalue weighted by Crippen LogP contribution is -2.40. The van der Waals surface area contributed by atoms with Gasteiger partial charge < -0.3 is 18.6 Å². The summed E-state index contributed by atoms with van der Waals surface area (Å²) in [6.07, 6.45) is -0.743. The van der Waals surface area contributed by atoms with Gasteiger partial charge in [0.25, 0.3) is 5.91 Å². The van der Waals surface area contributed by atoms with E-state index in [4.69, 9.17) is 18.6 Å². The van der Waals surface area contributed by atoms with Crippen molar-refractivity contribution in [2.45, 2.75) is 13.0 Å². The minimum absolute atomic E-state index is 0.144. The van der Waals surface area contributed by atoms with Crippen LogP contribution in [0.2, 0.25) is 0 Å². The lowest BCUT2D eigenvalue weighted by Gasteiger charge is -2.25. The largest absolute Gasteiger partial charge is 0.490 e. The Balaban J connectivity index is 1.32. The lowest BCUT2D eigenvalue weighted by atomic mass is 10.2. The molecule has 1 amide bonds. The molecule has 1 aliphatic rings. The average molecular weight is 422 g/mol. The topological polar surface area (TPSA) is 82.8 Å². The Morgan fingerprint density at radius 3 is 2.97 bits per heavy atom. The van der Waals surface area contributed by atoms with Gasteiger partial charge in [-0.05, 0) is 31.2 Å². The third kappa shape index (κ3) is 3.46. The Labute approximate surface area is 176 Å². The number of furan rings is 1. The number of hydrogen-bond donors (Lipinski definition) is 1. The molecule has 4 aromatic rings. The molecule has 0 saturated heterocycles. The third-order valence-corrected chi connectivity index (χ3v) is 5.35. The van der Waals surface area contributed by atoms with Gasteiger partial charge in [-0.2, -0.15) is 0 Å². The maximum absolute atomic E-state index is 12.6. The van der Waals surface area contributed by atoms with Crippen LogP contribution in [0, 0.1) is 0 Å². The van der Waals surface area contributed by atoms with Crippen molar-refractivity contribution in [3.63, 3.8) is 0 Å². The molecule has 2 aromatic heterocycles. The first-order valence-electron chi connectivity index (χ1n) is 9.52. The summed E-state index contributed by atoms with van der Waals surface area (Å²) in [6, 6.07) is 14.9. The molecule has 152 valence electrons. The maximum Gasteiger partial charge on any atom is 0.270 e. The van der Waals surface area contributed by atoms with Crippen LogP contribution in [0.1, 0.15) is 6.92 Å². The van der Waals surface area contributed by atoms with Gasteiger partial charge in [-0.1, -0.05) is 24.3 Å². The van der Waals surface area contributed by atoms with Crippen LogP contribution < -0.4 is 19.5 Å². The number of nitrogens with zero attached hydrogens (tertiary/aromatic N) is 1. The third-order valence-electron chi connectivity index (χ3n) is 4.60. The van der Waals surface area contributed by atoms with E-state index < -0.39 is 6.10 Å². The normalized spacial score (nSPS) is 15.2. The first kappa shape index (κ1) is 18.5. The number of fused-ring (bicyclic) bond motifs is 2. The molecule has 1 unspecified atom stereocenters. The molecule has 0 radical (unpaired) electrons. The van der Waals surface area contributed by atoms with E-state index in [-0.39, 0.29) is 12.5 Å². The number of ether oxygens (including phenoxy) is 3. The van der Waals surface area contributed by atoms with Gasteiger partial charge in [0, 0.05) is 10.8 Å². The zero-order chi connectivity index (χ0) is 20.5. The van der Waals surface area contributed by atoms with Crippen LogP contribution in [0.5, 0.6) is 17.2 Å². The minimum Gasteiger partial charge on any atom is -0.490 e. The van der Waals surface area contributed by atoms with E-state index in [2.05, 4.69) is 10.3 Å².